The third-order valence-corrected chi connectivity index (χ3v) is 23.8. The van der Waals surface area contributed by atoms with Gasteiger partial charge in [0.05, 0.1) is 73.2 Å². The predicted molar refractivity (Wildman–Crippen MR) is 462 cm³/mol. The molecule has 0 saturated heterocycles. The zero-order valence-corrected chi connectivity index (χ0v) is 61.3. The van der Waals surface area contributed by atoms with E-state index < -0.39 is 0 Å². The highest BCUT2D eigenvalue weighted by atomic mass is 16.3. The van der Waals surface area contributed by atoms with Crippen LogP contribution in [-0.4, -0.2) is 20.4 Å². The van der Waals surface area contributed by atoms with E-state index in [1.807, 2.05) is 12.1 Å². The van der Waals surface area contributed by atoms with Gasteiger partial charge in [-0.25, -0.2) is 0 Å². The highest BCUT2D eigenvalue weighted by Crippen LogP contribution is 2.55. The van der Waals surface area contributed by atoms with Crippen molar-refractivity contribution in [2.45, 2.75) is 33.1 Å². The monoisotopic (exact) mass is 1420 g/mol. The second-order valence-corrected chi connectivity index (χ2v) is 31.1. The second-order valence-electron chi connectivity index (χ2n) is 31.1. The van der Waals surface area contributed by atoms with Gasteiger partial charge in [-0.3, -0.25) is 0 Å². The number of nitrogens with zero attached hydrogens (tertiary/aromatic N) is 6. The van der Waals surface area contributed by atoms with Crippen molar-refractivity contribution in [2.24, 2.45) is 0 Å². The first kappa shape index (κ1) is 62.8. The number of hydrogen-bond donors (Lipinski definition) is 0. The zero-order valence-electron chi connectivity index (χ0n) is 61.3. The van der Waals surface area contributed by atoms with E-state index in [2.05, 4.69) is 379 Å². The maximum Gasteiger partial charge on any atom is 0.252 e. The molecule has 0 unspecified atom stereocenters. The van der Waals surface area contributed by atoms with Gasteiger partial charge in [-0.1, -0.05) is 227 Å². The number of aryl methyl sites for hydroxylation is 1. The van der Waals surface area contributed by atoms with E-state index in [1.54, 1.807) is 0 Å². The lowest BCUT2D eigenvalue weighted by Crippen LogP contribution is -2.61. The molecule has 0 amide bonds. The Morgan fingerprint density at radius 2 is 0.793 bits per heavy atom. The van der Waals surface area contributed by atoms with Gasteiger partial charge in [0.15, 0.2) is 0 Å². The van der Waals surface area contributed by atoms with Crippen LogP contribution in [0.1, 0.15) is 37.5 Å². The van der Waals surface area contributed by atoms with Crippen molar-refractivity contribution in [3.63, 3.8) is 0 Å². The Hall–Kier alpha value is -14.3. The van der Waals surface area contributed by atoms with E-state index in [4.69, 9.17) is 8.83 Å². The van der Waals surface area contributed by atoms with Crippen molar-refractivity contribution in [1.29, 1.82) is 5.26 Å². The fraction of sp³-hybridized carbons (Fsp3) is 0.0490. The van der Waals surface area contributed by atoms with E-state index in [0.29, 0.717) is 5.56 Å². The van der Waals surface area contributed by atoms with Crippen LogP contribution in [0.2, 0.25) is 0 Å². The molecule has 0 aliphatic carbocycles. The molecule has 7 heterocycles. The Kier molecular flexibility index (Phi) is 13.4. The van der Waals surface area contributed by atoms with Gasteiger partial charge in [-0.15, -0.1) is 0 Å². The quantitative estimate of drug-likeness (QED) is 0.142. The molecule has 520 valence electrons. The summed E-state index contributed by atoms with van der Waals surface area (Å²) >= 11 is 0. The highest BCUT2D eigenvalue weighted by Gasteiger charge is 2.47. The minimum absolute atomic E-state index is 0.283. The summed E-state index contributed by atoms with van der Waals surface area (Å²) in [5, 5.41) is 21.7. The van der Waals surface area contributed by atoms with Gasteiger partial charge in [0.2, 0.25) is 0 Å². The number of benzene rings is 16. The lowest BCUT2D eigenvalue weighted by molar-refractivity contribution is 0.590. The molecule has 8 nitrogen and oxygen atoms in total. The number of furan rings is 2. The van der Waals surface area contributed by atoms with Crippen LogP contribution in [-0.2, 0) is 5.41 Å². The summed E-state index contributed by atoms with van der Waals surface area (Å²) < 4.78 is 21.4. The van der Waals surface area contributed by atoms with Crippen LogP contribution < -0.4 is 26.2 Å². The van der Waals surface area contributed by atoms with Crippen LogP contribution in [0.3, 0.4) is 0 Å². The molecule has 0 radical (unpaired) electrons. The largest absolute Gasteiger partial charge is 0.456 e. The Labute approximate surface area is 640 Å². The maximum atomic E-state index is 10.7. The molecule has 0 spiro atoms. The number of fused-ring (bicyclic) bond motifs is 19. The molecule has 2 aliphatic rings. The summed E-state index contributed by atoms with van der Waals surface area (Å²) in [6.45, 7) is 8.93. The molecule has 0 fully saturated rings. The first-order valence-corrected chi connectivity index (χ1v) is 38.2. The van der Waals surface area contributed by atoms with Crippen LogP contribution in [0, 0.1) is 18.3 Å². The summed E-state index contributed by atoms with van der Waals surface area (Å²) in [6.07, 6.45) is 0. The van der Waals surface area contributed by atoms with Crippen molar-refractivity contribution in [1.82, 2.24) is 13.7 Å². The zero-order chi connectivity index (χ0) is 73.6. The molecule has 0 bridgehead atoms. The summed E-state index contributed by atoms with van der Waals surface area (Å²) in [5.74, 6) is 0. The van der Waals surface area contributed by atoms with Gasteiger partial charge in [0, 0.05) is 87.7 Å². The summed E-state index contributed by atoms with van der Waals surface area (Å²) in [7, 11) is 0. The van der Waals surface area contributed by atoms with Gasteiger partial charge in [0.1, 0.15) is 22.3 Å². The summed E-state index contributed by atoms with van der Waals surface area (Å²) in [5.41, 5.74) is 31.3. The van der Waals surface area contributed by atoms with Gasteiger partial charge in [-0.2, -0.15) is 5.26 Å². The minimum Gasteiger partial charge on any atom is -0.456 e. The van der Waals surface area contributed by atoms with Crippen molar-refractivity contribution >= 4 is 167 Å². The van der Waals surface area contributed by atoms with Gasteiger partial charge < -0.3 is 32.3 Å². The Morgan fingerprint density at radius 1 is 0.306 bits per heavy atom. The van der Waals surface area contributed by atoms with E-state index in [9.17, 15) is 5.26 Å². The fourth-order valence-electron chi connectivity index (χ4n) is 18.9. The molecule has 111 heavy (non-hydrogen) atoms. The Bertz CT molecular complexity index is 7530. The van der Waals surface area contributed by atoms with Crippen LogP contribution in [0.25, 0.3) is 160 Å². The second kappa shape index (κ2) is 23.6. The Morgan fingerprint density at radius 3 is 1.38 bits per heavy atom. The van der Waals surface area contributed by atoms with Crippen LogP contribution in [0.5, 0.6) is 0 Å². The van der Waals surface area contributed by atoms with E-state index in [0.717, 1.165) is 183 Å². The summed E-state index contributed by atoms with van der Waals surface area (Å²) in [6, 6.07) is 126. The number of rotatable bonds is 8. The summed E-state index contributed by atoms with van der Waals surface area (Å²) in [4.78, 5) is 5.33. The van der Waals surface area contributed by atoms with Gasteiger partial charge >= 0.3 is 0 Å². The van der Waals surface area contributed by atoms with E-state index in [1.165, 1.54) is 38.0 Å². The number of hydrogen-bond acceptors (Lipinski definition) is 5. The molecule has 0 saturated carbocycles. The van der Waals surface area contributed by atoms with Crippen molar-refractivity contribution in [3.8, 4) is 56.5 Å². The van der Waals surface area contributed by atoms with E-state index >= 15 is 0 Å². The van der Waals surface area contributed by atoms with Crippen LogP contribution >= 0.6 is 0 Å². The highest BCUT2D eigenvalue weighted by molar-refractivity contribution is 7.00. The van der Waals surface area contributed by atoms with Crippen molar-refractivity contribution in [2.75, 3.05) is 9.80 Å². The number of nitriles is 1. The third kappa shape index (κ3) is 9.23. The third-order valence-electron chi connectivity index (χ3n) is 23.8. The maximum absolute atomic E-state index is 10.7. The van der Waals surface area contributed by atoms with Gasteiger partial charge in [0.25, 0.3) is 6.71 Å². The normalized spacial score (nSPS) is 12.8. The first-order valence-electron chi connectivity index (χ1n) is 38.2. The number of anilines is 6. The molecule has 21 aromatic rings. The standard InChI is InChI=1S/C102H67BN6O2/c1-61-51-79(66-43-47-78-76-31-14-21-40-96(76)111-98(78)56-66)101(94(52-61)107-85-35-17-10-27-72(85)73-28-11-18-36-86(73)107)108-89-50-44-64(63-23-6-5-7-24-63)54-82(89)103-81-48-45-67(102(2,3)4)57-91(81)109(93-59-68(58-92(108)99(93)103)105-83-33-15-8-25-70(83)71-26-9-16-34-84(71)105)100-69(65-42-46-77-75-30-13-20-39-95(75)110-97(77)55-65)32-22-38-90(100)106-87-37-19-12-29-74(87)80-53-62(60-104)41-49-88(80)106/h5-59H,1-4H3. The molecule has 0 N–H and O–H groups in total. The molecule has 5 aromatic heterocycles. The molecule has 2 aliphatic heterocycles. The predicted octanol–water partition coefficient (Wildman–Crippen LogP) is 25.3. The van der Waals surface area contributed by atoms with Crippen LogP contribution in [0.15, 0.2) is 342 Å². The lowest BCUT2D eigenvalue weighted by atomic mass is 9.33. The Balaban J connectivity index is 0.924. The molecule has 23 rings (SSSR count). The van der Waals surface area contributed by atoms with Gasteiger partial charge in [-0.05, 0) is 190 Å². The number of para-hydroxylation sites is 8. The average Bonchev–Trinajstić information content (AvgIpc) is 1.26. The molecular formula is C102H67BN6O2. The minimum atomic E-state index is -0.338. The van der Waals surface area contributed by atoms with Crippen LogP contribution in [0.4, 0.5) is 34.1 Å². The van der Waals surface area contributed by atoms with Crippen molar-refractivity contribution in [3.05, 3.63) is 350 Å². The lowest BCUT2D eigenvalue weighted by Gasteiger charge is -2.46. The van der Waals surface area contributed by atoms with Crippen molar-refractivity contribution < 1.29 is 8.83 Å². The molecule has 9 heteroatoms. The first-order chi connectivity index (χ1) is 54.6. The fourth-order valence-corrected chi connectivity index (χ4v) is 18.9. The van der Waals surface area contributed by atoms with E-state index in [-0.39, 0.29) is 12.1 Å². The smallest absolute Gasteiger partial charge is 0.252 e. The number of aromatic nitrogens is 3. The molecule has 16 aromatic carbocycles. The average molecular weight is 1420 g/mol. The molecular weight excluding hydrogens is 1350 g/mol. The topological polar surface area (TPSA) is 71.3 Å². The SMILES string of the molecule is Cc1cc(-c2ccc3c(c2)oc2ccccc23)c(N2c3ccc(-c4ccccc4)cc3B3c4ccc(C(C)(C)C)cc4N(c4c(-c5ccc6c(c5)oc5ccccc56)cccc4-n4c5ccccc5c5cc(C#N)ccc54)c4cc(-n5c6ccccc6c6ccccc65)cc2c43)c(-n2c3ccccc3c3ccccc32)c1. The molecule has 0 atom stereocenters.